The second-order valence-electron chi connectivity index (χ2n) is 4.17. The van der Waals surface area contributed by atoms with Gasteiger partial charge in [-0.2, -0.15) is 0 Å². The lowest BCUT2D eigenvalue weighted by Gasteiger charge is -2.19. The van der Waals surface area contributed by atoms with Gasteiger partial charge in [0.25, 0.3) is 0 Å². The van der Waals surface area contributed by atoms with Gasteiger partial charge in [0.05, 0.1) is 0 Å². The Morgan fingerprint density at radius 2 is 2.19 bits per heavy atom. The molecule has 0 spiro atoms. The second kappa shape index (κ2) is 5.27. The Hall–Kier alpha value is -1.13. The molecule has 1 saturated heterocycles. The Bertz CT molecular complexity index is 349. The average molecular weight is 224 g/mol. The van der Waals surface area contributed by atoms with Crippen LogP contribution in [0.5, 0.6) is 5.75 Å². The van der Waals surface area contributed by atoms with Gasteiger partial charge in [-0.3, -0.25) is 4.90 Å². The summed E-state index contributed by atoms with van der Waals surface area (Å²) in [5.74, 6) is -0.813. The van der Waals surface area contributed by atoms with Gasteiger partial charge in [0.1, 0.15) is 0 Å². The first-order valence-electron chi connectivity index (χ1n) is 5.66. The molecule has 0 atom stereocenters. The van der Waals surface area contributed by atoms with Crippen molar-refractivity contribution in [2.24, 2.45) is 0 Å². The minimum Gasteiger partial charge on any atom is -0.505 e. The lowest BCUT2D eigenvalue weighted by Crippen LogP contribution is -2.27. The molecular weight excluding hydrogens is 207 g/mol. The summed E-state index contributed by atoms with van der Waals surface area (Å²) in [5.41, 5.74) is 0.914. The number of hydrogen-bond acceptors (Lipinski definition) is 3. The molecule has 0 aromatic heterocycles. The molecule has 2 N–H and O–H groups in total. The molecule has 1 aromatic carbocycles. The van der Waals surface area contributed by atoms with Crippen molar-refractivity contribution >= 4 is 0 Å². The van der Waals surface area contributed by atoms with Crippen LogP contribution >= 0.6 is 0 Å². The number of hydrogen-bond donors (Lipinski definition) is 2. The van der Waals surface area contributed by atoms with E-state index in [1.54, 1.807) is 6.07 Å². The molecule has 1 aliphatic rings. The van der Waals surface area contributed by atoms with Crippen LogP contribution in [0.2, 0.25) is 0 Å². The summed E-state index contributed by atoms with van der Waals surface area (Å²) < 4.78 is 13.1. The van der Waals surface area contributed by atoms with Crippen molar-refractivity contribution in [2.45, 2.75) is 13.0 Å². The van der Waals surface area contributed by atoms with Crippen molar-refractivity contribution in [2.75, 3.05) is 26.2 Å². The quantitative estimate of drug-likeness (QED) is 0.795. The van der Waals surface area contributed by atoms with Crippen molar-refractivity contribution in [3.63, 3.8) is 0 Å². The molecule has 0 unspecified atom stereocenters. The predicted octanol–water partition coefficient (Wildman–Crippen LogP) is 1.33. The summed E-state index contributed by atoms with van der Waals surface area (Å²) in [5, 5.41) is 12.4. The monoisotopic (exact) mass is 224 g/mol. The highest BCUT2D eigenvalue weighted by atomic mass is 19.1. The number of phenolic OH excluding ortho intramolecular Hbond substituents is 1. The standard InChI is InChI=1S/C12H17FN2O/c13-11-8-10(2-3-12(11)16)9-15-6-1-4-14-5-7-15/h2-3,8,14,16H,1,4-7,9H2. The molecule has 1 aromatic rings. The molecule has 0 radical (unpaired) electrons. The van der Waals surface area contributed by atoms with E-state index in [0.717, 1.165) is 44.7 Å². The van der Waals surface area contributed by atoms with Crippen molar-refractivity contribution in [3.8, 4) is 5.75 Å². The summed E-state index contributed by atoms with van der Waals surface area (Å²) in [6.45, 7) is 4.82. The molecule has 1 heterocycles. The zero-order chi connectivity index (χ0) is 11.4. The zero-order valence-corrected chi connectivity index (χ0v) is 9.25. The molecule has 0 saturated carbocycles. The van der Waals surface area contributed by atoms with Crippen molar-refractivity contribution < 1.29 is 9.50 Å². The third kappa shape index (κ3) is 2.93. The minimum atomic E-state index is -0.537. The van der Waals surface area contributed by atoms with E-state index in [0.29, 0.717) is 0 Å². The Balaban J connectivity index is 1.99. The van der Waals surface area contributed by atoms with Crippen molar-refractivity contribution in [3.05, 3.63) is 29.6 Å². The summed E-state index contributed by atoms with van der Waals surface area (Å²) in [4.78, 5) is 2.30. The summed E-state index contributed by atoms with van der Waals surface area (Å²) in [6.07, 6.45) is 1.13. The van der Waals surface area contributed by atoms with E-state index in [4.69, 9.17) is 5.11 Å². The second-order valence-corrected chi connectivity index (χ2v) is 4.17. The Kier molecular flexibility index (Phi) is 3.74. The molecule has 0 aliphatic carbocycles. The maximum Gasteiger partial charge on any atom is 0.165 e. The van der Waals surface area contributed by atoms with Gasteiger partial charge in [0.15, 0.2) is 11.6 Å². The van der Waals surface area contributed by atoms with Gasteiger partial charge in [-0.1, -0.05) is 6.07 Å². The fourth-order valence-electron chi connectivity index (χ4n) is 1.97. The van der Waals surface area contributed by atoms with E-state index in [2.05, 4.69) is 10.2 Å². The first-order valence-corrected chi connectivity index (χ1v) is 5.66. The third-order valence-corrected chi connectivity index (χ3v) is 2.85. The lowest BCUT2D eigenvalue weighted by atomic mass is 10.2. The predicted molar refractivity (Wildman–Crippen MR) is 60.8 cm³/mol. The Morgan fingerprint density at radius 1 is 1.31 bits per heavy atom. The van der Waals surface area contributed by atoms with E-state index < -0.39 is 5.82 Å². The highest BCUT2D eigenvalue weighted by Gasteiger charge is 2.10. The van der Waals surface area contributed by atoms with Crippen LogP contribution in [0.3, 0.4) is 0 Å². The number of rotatable bonds is 2. The van der Waals surface area contributed by atoms with E-state index >= 15 is 0 Å². The first-order chi connectivity index (χ1) is 7.75. The van der Waals surface area contributed by atoms with Crippen molar-refractivity contribution in [1.82, 2.24) is 10.2 Å². The van der Waals surface area contributed by atoms with Crippen LogP contribution < -0.4 is 5.32 Å². The highest BCUT2D eigenvalue weighted by molar-refractivity contribution is 5.27. The molecule has 4 heteroatoms. The minimum absolute atomic E-state index is 0.277. The first kappa shape index (κ1) is 11.4. The normalized spacial score (nSPS) is 18.3. The van der Waals surface area contributed by atoms with Crippen LogP contribution in [0.4, 0.5) is 4.39 Å². The van der Waals surface area contributed by atoms with Crippen LogP contribution in [0.25, 0.3) is 0 Å². The fourth-order valence-corrected chi connectivity index (χ4v) is 1.97. The molecule has 1 aliphatic heterocycles. The summed E-state index contributed by atoms with van der Waals surface area (Å²) >= 11 is 0. The number of nitrogens with zero attached hydrogens (tertiary/aromatic N) is 1. The number of phenols is 1. The molecule has 0 amide bonds. The topological polar surface area (TPSA) is 35.5 Å². The third-order valence-electron chi connectivity index (χ3n) is 2.85. The largest absolute Gasteiger partial charge is 0.505 e. The summed E-state index contributed by atoms with van der Waals surface area (Å²) in [6, 6.07) is 4.60. The van der Waals surface area contributed by atoms with Gasteiger partial charge < -0.3 is 10.4 Å². The zero-order valence-electron chi connectivity index (χ0n) is 9.25. The van der Waals surface area contributed by atoms with Crippen LogP contribution in [0.15, 0.2) is 18.2 Å². The van der Waals surface area contributed by atoms with Crippen LogP contribution in [-0.4, -0.2) is 36.2 Å². The van der Waals surface area contributed by atoms with Crippen LogP contribution in [0, 0.1) is 5.82 Å². The van der Waals surface area contributed by atoms with Gasteiger partial charge in [0.2, 0.25) is 0 Å². The Labute approximate surface area is 94.9 Å². The molecule has 0 bridgehead atoms. The SMILES string of the molecule is Oc1ccc(CN2CCCNCC2)cc1F. The van der Waals surface area contributed by atoms with Gasteiger partial charge in [-0.05, 0) is 37.2 Å². The van der Waals surface area contributed by atoms with E-state index in [-0.39, 0.29) is 5.75 Å². The van der Waals surface area contributed by atoms with Gasteiger partial charge in [0, 0.05) is 19.6 Å². The number of nitrogens with one attached hydrogen (secondary N) is 1. The molecular formula is C12H17FN2O. The number of halogens is 1. The van der Waals surface area contributed by atoms with E-state index in [9.17, 15) is 4.39 Å². The van der Waals surface area contributed by atoms with Gasteiger partial charge >= 0.3 is 0 Å². The Morgan fingerprint density at radius 3 is 3.00 bits per heavy atom. The molecule has 88 valence electrons. The average Bonchev–Trinajstić information content (AvgIpc) is 2.52. The fraction of sp³-hybridized carbons (Fsp3) is 0.500. The molecule has 2 rings (SSSR count). The van der Waals surface area contributed by atoms with Gasteiger partial charge in [-0.25, -0.2) is 4.39 Å². The molecule has 3 nitrogen and oxygen atoms in total. The van der Waals surface area contributed by atoms with Gasteiger partial charge in [-0.15, -0.1) is 0 Å². The molecule has 1 fully saturated rings. The lowest BCUT2D eigenvalue weighted by molar-refractivity contribution is 0.283. The highest BCUT2D eigenvalue weighted by Crippen LogP contribution is 2.17. The smallest absolute Gasteiger partial charge is 0.165 e. The summed E-state index contributed by atoms with van der Waals surface area (Å²) in [7, 11) is 0. The maximum atomic E-state index is 13.1. The van der Waals surface area contributed by atoms with Crippen LogP contribution in [-0.2, 0) is 6.54 Å². The maximum absolute atomic E-state index is 13.1. The number of benzene rings is 1. The van der Waals surface area contributed by atoms with E-state index in [1.807, 2.05) is 0 Å². The van der Waals surface area contributed by atoms with E-state index in [1.165, 1.54) is 12.1 Å². The van der Waals surface area contributed by atoms with Crippen LogP contribution in [0.1, 0.15) is 12.0 Å². The molecule has 16 heavy (non-hydrogen) atoms. The number of aromatic hydroxyl groups is 1. The van der Waals surface area contributed by atoms with Crippen molar-refractivity contribution in [1.29, 1.82) is 0 Å².